The summed E-state index contributed by atoms with van der Waals surface area (Å²) in [5, 5.41) is 5.26. The summed E-state index contributed by atoms with van der Waals surface area (Å²) in [5.41, 5.74) is 6.49. The van der Waals surface area contributed by atoms with E-state index in [4.69, 9.17) is 4.74 Å². The van der Waals surface area contributed by atoms with E-state index in [1.54, 1.807) is 17.5 Å². The van der Waals surface area contributed by atoms with Crippen molar-refractivity contribution in [2.75, 3.05) is 6.61 Å². The third-order valence-electron chi connectivity index (χ3n) is 2.53. The van der Waals surface area contributed by atoms with Gasteiger partial charge in [-0.3, -0.25) is 25.2 Å². The Labute approximate surface area is 128 Å². The van der Waals surface area contributed by atoms with Crippen LogP contribution in [0.5, 0.6) is 0 Å². The summed E-state index contributed by atoms with van der Waals surface area (Å²) in [7, 11) is 0. The van der Waals surface area contributed by atoms with E-state index < -0.39 is 24.4 Å². The number of carbonyl (C=O) groups excluding carboxylic acids is 4. The first kappa shape index (κ1) is 15.6. The van der Waals surface area contributed by atoms with Crippen LogP contribution in [0.25, 0.3) is 0 Å². The van der Waals surface area contributed by atoms with Gasteiger partial charge in [0.15, 0.2) is 6.61 Å². The topological polar surface area (TPSA) is 126 Å². The van der Waals surface area contributed by atoms with Crippen molar-refractivity contribution in [3.05, 3.63) is 22.4 Å². The fraction of sp³-hybridized carbons (Fsp3) is 0.250. The van der Waals surface area contributed by atoms with Crippen LogP contribution in [0.3, 0.4) is 0 Å². The molecule has 0 unspecified atom stereocenters. The third-order valence-corrected chi connectivity index (χ3v) is 3.40. The minimum atomic E-state index is -0.792. The second-order valence-electron chi connectivity index (χ2n) is 4.15. The maximum Gasteiger partial charge on any atom is 0.355 e. The minimum absolute atomic E-state index is 0.0371. The fourth-order valence-electron chi connectivity index (χ4n) is 1.47. The lowest BCUT2D eigenvalue weighted by molar-refractivity contribution is -0.142. The summed E-state index contributed by atoms with van der Waals surface area (Å²) >= 11 is 1.22. The highest BCUT2D eigenvalue weighted by molar-refractivity contribution is 7.12. The molecule has 0 fully saturated rings. The molecule has 0 spiro atoms. The van der Waals surface area contributed by atoms with Gasteiger partial charge in [0.05, 0.1) is 4.88 Å². The number of esters is 1. The average Bonchev–Trinajstić information content (AvgIpc) is 3.05. The molecular formula is C12H12N4O5S. The Hall–Kier alpha value is -2.75. The van der Waals surface area contributed by atoms with Gasteiger partial charge < -0.3 is 4.74 Å². The summed E-state index contributed by atoms with van der Waals surface area (Å²) in [4.78, 5) is 45.9. The van der Waals surface area contributed by atoms with Crippen LogP contribution in [0.2, 0.25) is 0 Å². The van der Waals surface area contributed by atoms with Gasteiger partial charge in [0.25, 0.3) is 11.8 Å². The standard InChI is InChI=1S/C12H12N4O5S/c17-9-4-3-7(13-14-9)12(20)21-6-10(18)15-16-11(19)8-2-1-5-22-8/h1-2,5H,3-4,6H2,(H,14,17)(H,15,18)(H,16,19). The molecule has 0 aromatic carbocycles. The molecule has 1 aromatic rings. The van der Waals surface area contributed by atoms with Crippen molar-refractivity contribution >= 4 is 40.7 Å². The molecule has 1 aliphatic rings. The molecule has 1 aromatic heterocycles. The highest BCUT2D eigenvalue weighted by Gasteiger charge is 2.20. The van der Waals surface area contributed by atoms with Crippen molar-refractivity contribution < 1.29 is 23.9 Å². The van der Waals surface area contributed by atoms with Crippen LogP contribution >= 0.6 is 11.3 Å². The fourth-order valence-corrected chi connectivity index (χ4v) is 2.09. The van der Waals surface area contributed by atoms with Crippen LogP contribution in [0.1, 0.15) is 22.5 Å². The number of carbonyl (C=O) groups is 4. The van der Waals surface area contributed by atoms with Gasteiger partial charge in [-0.2, -0.15) is 5.10 Å². The van der Waals surface area contributed by atoms with Crippen LogP contribution in [0.15, 0.2) is 22.6 Å². The second kappa shape index (κ2) is 7.31. The van der Waals surface area contributed by atoms with Crippen LogP contribution in [0, 0.1) is 0 Å². The monoisotopic (exact) mass is 324 g/mol. The first-order valence-corrected chi connectivity index (χ1v) is 7.09. The molecular weight excluding hydrogens is 312 g/mol. The lowest BCUT2D eigenvalue weighted by Crippen LogP contribution is -2.43. The zero-order valence-electron chi connectivity index (χ0n) is 11.3. The molecule has 0 bridgehead atoms. The Kier molecular flexibility index (Phi) is 5.20. The molecule has 0 saturated heterocycles. The van der Waals surface area contributed by atoms with Gasteiger partial charge in [-0.05, 0) is 11.4 Å². The largest absolute Gasteiger partial charge is 0.451 e. The molecule has 0 radical (unpaired) electrons. The molecule has 0 saturated carbocycles. The molecule has 0 aliphatic carbocycles. The smallest absolute Gasteiger partial charge is 0.355 e. The highest BCUT2D eigenvalue weighted by Crippen LogP contribution is 2.07. The predicted octanol–water partition coefficient (Wildman–Crippen LogP) is -0.682. The quantitative estimate of drug-likeness (QED) is 0.499. The van der Waals surface area contributed by atoms with E-state index in [2.05, 4.69) is 21.4 Å². The Bertz CT molecular complexity index is 625. The zero-order valence-corrected chi connectivity index (χ0v) is 12.1. The van der Waals surface area contributed by atoms with E-state index in [1.165, 1.54) is 11.3 Å². The molecule has 22 heavy (non-hydrogen) atoms. The number of nitrogens with one attached hydrogen (secondary N) is 3. The minimum Gasteiger partial charge on any atom is -0.451 e. The van der Waals surface area contributed by atoms with Gasteiger partial charge in [0, 0.05) is 12.8 Å². The molecule has 1 aliphatic heterocycles. The van der Waals surface area contributed by atoms with Crippen molar-refractivity contribution in [3.8, 4) is 0 Å². The third kappa shape index (κ3) is 4.38. The number of hydrazone groups is 1. The summed E-state index contributed by atoms with van der Waals surface area (Å²) in [6.07, 6.45) is 0.290. The molecule has 2 rings (SSSR count). The van der Waals surface area contributed by atoms with Crippen LogP contribution in [0.4, 0.5) is 0 Å². The van der Waals surface area contributed by atoms with Crippen molar-refractivity contribution in [3.63, 3.8) is 0 Å². The average molecular weight is 324 g/mol. The number of nitrogens with zero attached hydrogens (tertiary/aromatic N) is 1. The van der Waals surface area contributed by atoms with Gasteiger partial charge in [0.1, 0.15) is 5.71 Å². The van der Waals surface area contributed by atoms with E-state index in [9.17, 15) is 19.2 Å². The van der Waals surface area contributed by atoms with Crippen LogP contribution < -0.4 is 16.3 Å². The number of rotatable bonds is 4. The molecule has 2 heterocycles. The van der Waals surface area contributed by atoms with Crippen molar-refractivity contribution in [2.24, 2.45) is 5.10 Å². The molecule has 9 nitrogen and oxygen atoms in total. The van der Waals surface area contributed by atoms with Gasteiger partial charge in [0.2, 0.25) is 5.91 Å². The Morgan fingerprint density at radius 1 is 1.32 bits per heavy atom. The maximum atomic E-state index is 11.6. The first-order valence-electron chi connectivity index (χ1n) is 6.21. The van der Waals surface area contributed by atoms with E-state index in [0.29, 0.717) is 4.88 Å². The van der Waals surface area contributed by atoms with E-state index in [1.807, 2.05) is 0 Å². The molecule has 10 heteroatoms. The Morgan fingerprint density at radius 3 is 2.77 bits per heavy atom. The van der Waals surface area contributed by atoms with E-state index in [-0.39, 0.29) is 24.5 Å². The number of hydrogen-bond donors (Lipinski definition) is 3. The summed E-state index contributed by atoms with van der Waals surface area (Å²) in [5.74, 6) is -2.24. The van der Waals surface area contributed by atoms with Crippen molar-refractivity contribution in [2.45, 2.75) is 12.8 Å². The van der Waals surface area contributed by atoms with Crippen LogP contribution in [-0.4, -0.2) is 36.0 Å². The lowest BCUT2D eigenvalue weighted by Gasteiger charge is -2.11. The van der Waals surface area contributed by atoms with E-state index >= 15 is 0 Å². The lowest BCUT2D eigenvalue weighted by atomic mass is 10.2. The van der Waals surface area contributed by atoms with Gasteiger partial charge in [-0.15, -0.1) is 11.3 Å². The predicted molar refractivity (Wildman–Crippen MR) is 75.7 cm³/mol. The SMILES string of the molecule is O=C1CCC(C(=O)OCC(=O)NNC(=O)c2cccs2)=NN1. The summed E-state index contributed by atoms with van der Waals surface area (Å²) in [6.45, 7) is -0.573. The molecule has 3 N–H and O–H groups in total. The first-order chi connectivity index (χ1) is 10.6. The summed E-state index contributed by atoms with van der Waals surface area (Å²) in [6, 6.07) is 3.30. The molecule has 116 valence electrons. The number of thiophene rings is 1. The van der Waals surface area contributed by atoms with E-state index in [0.717, 1.165) is 0 Å². The summed E-state index contributed by atoms with van der Waals surface area (Å²) < 4.78 is 4.72. The number of hydrazine groups is 1. The number of ether oxygens (including phenoxy) is 1. The number of hydrogen-bond acceptors (Lipinski definition) is 7. The van der Waals surface area contributed by atoms with Crippen molar-refractivity contribution in [1.29, 1.82) is 0 Å². The molecule has 0 atom stereocenters. The van der Waals surface area contributed by atoms with Gasteiger partial charge in [-0.1, -0.05) is 6.07 Å². The van der Waals surface area contributed by atoms with Crippen LogP contribution in [-0.2, 0) is 19.1 Å². The maximum absolute atomic E-state index is 11.6. The number of amides is 3. The normalized spacial score (nSPS) is 13.6. The van der Waals surface area contributed by atoms with Gasteiger partial charge in [-0.25, -0.2) is 10.2 Å². The second-order valence-corrected chi connectivity index (χ2v) is 5.10. The van der Waals surface area contributed by atoms with Crippen molar-refractivity contribution in [1.82, 2.24) is 16.3 Å². The highest BCUT2D eigenvalue weighted by atomic mass is 32.1. The Balaban J connectivity index is 1.70. The zero-order chi connectivity index (χ0) is 15.9. The van der Waals surface area contributed by atoms with Gasteiger partial charge >= 0.3 is 5.97 Å². The molecule has 3 amide bonds. The Morgan fingerprint density at radius 2 is 2.14 bits per heavy atom.